The van der Waals surface area contributed by atoms with Gasteiger partial charge in [0.25, 0.3) is 0 Å². The van der Waals surface area contributed by atoms with Crippen molar-refractivity contribution < 1.29 is 9.47 Å². The molecule has 2 aromatic rings. The number of halogens is 1. The zero-order valence-corrected chi connectivity index (χ0v) is 12.1. The minimum Gasteiger partial charge on any atom is -0.497 e. The van der Waals surface area contributed by atoms with Crippen LogP contribution >= 0.6 is 11.6 Å². The van der Waals surface area contributed by atoms with E-state index in [-0.39, 0.29) is 0 Å². The van der Waals surface area contributed by atoms with Crippen LogP contribution in [0.3, 0.4) is 0 Å². The lowest BCUT2D eigenvalue weighted by atomic mass is 10.3. The highest BCUT2D eigenvalue weighted by Crippen LogP contribution is 2.22. The smallest absolute Gasteiger partial charge is 0.121 e. The first-order valence-corrected chi connectivity index (χ1v) is 7.00. The highest BCUT2D eigenvalue weighted by atomic mass is 35.5. The predicted molar refractivity (Wildman–Crippen MR) is 77.2 cm³/mol. The third kappa shape index (κ3) is 3.19. The summed E-state index contributed by atoms with van der Waals surface area (Å²) in [4.78, 5) is 4.62. The van der Waals surface area contributed by atoms with Gasteiger partial charge in [-0.2, -0.15) is 0 Å². The summed E-state index contributed by atoms with van der Waals surface area (Å²) in [6, 6.07) is 5.90. The lowest BCUT2D eigenvalue weighted by Crippen LogP contribution is -2.10. The lowest BCUT2D eigenvalue weighted by molar-refractivity contribution is 0.139. The van der Waals surface area contributed by atoms with E-state index >= 15 is 0 Å². The molecule has 5 heteroatoms. The number of aromatic nitrogens is 2. The van der Waals surface area contributed by atoms with Gasteiger partial charge in [-0.25, -0.2) is 4.98 Å². The molecule has 2 rings (SSSR count). The van der Waals surface area contributed by atoms with Crippen LogP contribution < -0.4 is 4.74 Å². The van der Waals surface area contributed by atoms with Gasteiger partial charge >= 0.3 is 0 Å². The summed E-state index contributed by atoms with van der Waals surface area (Å²) in [6.45, 7) is 4.17. The number of methoxy groups -OCH3 is 1. The Bertz CT molecular complexity index is 539. The molecule has 0 saturated heterocycles. The summed E-state index contributed by atoms with van der Waals surface area (Å²) in [7, 11) is 1.67. The molecule has 0 spiro atoms. The zero-order chi connectivity index (χ0) is 13.7. The van der Waals surface area contributed by atoms with Gasteiger partial charge in [-0.3, -0.25) is 0 Å². The predicted octanol–water partition coefficient (Wildman–Crippen LogP) is 2.86. The molecule has 0 aliphatic heterocycles. The third-order valence-corrected chi connectivity index (χ3v) is 3.20. The summed E-state index contributed by atoms with van der Waals surface area (Å²) < 4.78 is 12.9. The second kappa shape index (κ2) is 6.78. The highest BCUT2D eigenvalue weighted by Gasteiger charge is 2.11. The van der Waals surface area contributed by atoms with Gasteiger partial charge in [-0.15, -0.1) is 11.6 Å². The molecular formula is C14H19ClN2O2. The molecule has 1 aromatic carbocycles. The third-order valence-electron chi connectivity index (χ3n) is 3.02. The largest absolute Gasteiger partial charge is 0.497 e. The lowest BCUT2D eigenvalue weighted by Gasteiger charge is -2.09. The number of imidazole rings is 1. The first kappa shape index (κ1) is 14.2. The van der Waals surface area contributed by atoms with Gasteiger partial charge in [0, 0.05) is 31.5 Å². The topological polar surface area (TPSA) is 36.3 Å². The maximum Gasteiger partial charge on any atom is 0.121 e. The number of ether oxygens (including phenoxy) is 2. The van der Waals surface area contributed by atoms with Crippen LogP contribution in [0, 0.1) is 0 Å². The molecule has 0 bridgehead atoms. The molecule has 0 radical (unpaired) electrons. The number of hydrogen-bond acceptors (Lipinski definition) is 3. The monoisotopic (exact) mass is 282 g/mol. The Morgan fingerprint density at radius 3 is 2.89 bits per heavy atom. The van der Waals surface area contributed by atoms with E-state index in [1.54, 1.807) is 7.11 Å². The highest BCUT2D eigenvalue weighted by molar-refractivity contribution is 6.17. The Morgan fingerprint density at radius 1 is 1.37 bits per heavy atom. The molecule has 0 aliphatic carbocycles. The number of fused-ring (bicyclic) bond motifs is 1. The maximum atomic E-state index is 5.85. The minimum absolute atomic E-state index is 0.565. The Morgan fingerprint density at radius 2 is 2.21 bits per heavy atom. The van der Waals surface area contributed by atoms with Gasteiger partial charge in [-0.05, 0) is 19.1 Å². The van der Waals surface area contributed by atoms with E-state index in [4.69, 9.17) is 21.1 Å². The van der Waals surface area contributed by atoms with Crippen LogP contribution in [-0.4, -0.2) is 35.8 Å². The van der Waals surface area contributed by atoms with Crippen molar-refractivity contribution in [3.05, 3.63) is 24.0 Å². The zero-order valence-electron chi connectivity index (χ0n) is 11.4. The Hall–Kier alpha value is -1.26. The average molecular weight is 283 g/mol. The number of rotatable bonds is 7. The van der Waals surface area contributed by atoms with Crippen LogP contribution in [0.2, 0.25) is 0 Å². The minimum atomic E-state index is 0.565. The Balaban J connectivity index is 2.38. The van der Waals surface area contributed by atoms with Crippen molar-refractivity contribution >= 4 is 22.6 Å². The number of nitrogens with zero attached hydrogens (tertiary/aromatic N) is 2. The normalized spacial score (nSPS) is 11.1. The van der Waals surface area contributed by atoms with Crippen LogP contribution in [0.4, 0.5) is 0 Å². The van der Waals surface area contributed by atoms with E-state index in [1.807, 2.05) is 25.1 Å². The van der Waals surface area contributed by atoms with Crippen LogP contribution in [0.15, 0.2) is 18.2 Å². The Labute approximate surface area is 118 Å². The summed E-state index contributed by atoms with van der Waals surface area (Å²) >= 11 is 5.85. The van der Waals surface area contributed by atoms with E-state index < -0.39 is 0 Å². The molecular weight excluding hydrogens is 264 g/mol. The van der Waals surface area contributed by atoms with Crippen molar-refractivity contribution in [2.45, 2.75) is 19.9 Å². The van der Waals surface area contributed by atoms with Gasteiger partial charge in [0.05, 0.1) is 24.8 Å². The van der Waals surface area contributed by atoms with Gasteiger partial charge in [-0.1, -0.05) is 0 Å². The molecule has 0 amide bonds. The van der Waals surface area contributed by atoms with E-state index in [0.717, 1.165) is 42.2 Å². The fraction of sp³-hybridized carbons (Fsp3) is 0.500. The number of aryl methyl sites for hydroxylation is 1. The molecule has 0 saturated carbocycles. The second-order valence-corrected chi connectivity index (χ2v) is 4.55. The number of hydrogen-bond donors (Lipinski definition) is 0. The van der Waals surface area contributed by atoms with E-state index in [1.165, 1.54) is 0 Å². The van der Waals surface area contributed by atoms with Crippen LogP contribution in [0.1, 0.15) is 12.7 Å². The first-order valence-electron chi connectivity index (χ1n) is 6.47. The molecule has 0 fully saturated rings. The molecule has 0 aliphatic rings. The first-order chi connectivity index (χ1) is 9.30. The molecule has 4 nitrogen and oxygen atoms in total. The number of alkyl halides is 1. The summed E-state index contributed by atoms with van der Waals surface area (Å²) in [5.41, 5.74) is 2.04. The molecule has 0 N–H and O–H groups in total. The standard InChI is InChI=1S/C14H19ClN2O2/c1-3-19-9-8-17-13-10-11(18-2)4-5-12(13)16-14(17)6-7-15/h4-5,10H,3,6-9H2,1-2H3. The van der Waals surface area contributed by atoms with Crippen molar-refractivity contribution in [2.75, 3.05) is 26.2 Å². The molecule has 1 heterocycles. The van der Waals surface area contributed by atoms with Crippen molar-refractivity contribution in [2.24, 2.45) is 0 Å². The second-order valence-electron chi connectivity index (χ2n) is 4.17. The SMILES string of the molecule is CCOCCn1c(CCCl)nc2ccc(OC)cc21. The average Bonchev–Trinajstić information content (AvgIpc) is 2.77. The van der Waals surface area contributed by atoms with Crippen LogP contribution in [0.5, 0.6) is 5.75 Å². The summed E-state index contributed by atoms with van der Waals surface area (Å²) in [5.74, 6) is 2.40. The Kier molecular flexibility index (Phi) is 5.05. The molecule has 104 valence electrons. The van der Waals surface area contributed by atoms with E-state index in [2.05, 4.69) is 9.55 Å². The van der Waals surface area contributed by atoms with Crippen LogP contribution in [-0.2, 0) is 17.7 Å². The van der Waals surface area contributed by atoms with Gasteiger partial charge in [0.1, 0.15) is 11.6 Å². The van der Waals surface area contributed by atoms with Gasteiger partial charge in [0.2, 0.25) is 0 Å². The van der Waals surface area contributed by atoms with Crippen molar-refractivity contribution in [1.29, 1.82) is 0 Å². The maximum absolute atomic E-state index is 5.85. The molecule has 19 heavy (non-hydrogen) atoms. The van der Waals surface area contributed by atoms with Crippen molar-refractivity contribution in [3.8, 4) is 5.75 Å². The van der Waals surface area contributed by atoms with Crippen molar-refractivity contribution in [1.82, 2.24) is 9.55 Å². The van der Waals surface area contributed by atoms with Crippen molar-refractivity contribution in [3.63, 3.8) is 0 Å². The summed E-state index contributed by atoms with van der Waals surface area (Å²) in [6.07, 6.45) is 0.755. The van der Waals surface area contributed by atoms with Gasteiger partial charge < -0.3 is 14.0 Å². The van der Waals surface area contributed by atoms with E-state index in [9.17, 15) is 0 Å². The van der Waals surface area contributed by atoms with E-state index in [0.29, 0.717) is 12.5 Å². The fourth-order valence-corrected chi connectivity index (χ4v) is 2.27. The summed E-state index contributed by atoms with van der Waals surface area (Å²) in [5, 5.41) is 0. The quantitative estimate of drug-likeness (QED) is 0.579. The van der Waals surface area contributed by atoms with Gasteiger partial charge in [0.15, 0.2) is 0 Å². The van der Waals surface area contributed by atoms with Crippen LogP contribution in [0.25, 0.3) is 11.0 Å². The number of benzene rings is 1. The molecule has 0 unspecified atom stereocenters. The molecule has 1 aromatic heterocycles. The molecule has 0 atom stereocenters. The fourth-order valence-electron chi connectivity index (χ4n) is 2.10.